The largest absolute Gasteiger partial charge is 0.479 e. The van der Waals surface area contributed by atoms with Crippen LogP contribution in [0.2, 0.25) is 0 Å². The summed E-state index contributed by atoms with van der Waals surface area (Å²) in [5, 5.41) is 9.36. The normalized spacial score (nSPS) is 35.1. The smallest absolute Gasteiger partial charge is 0.329 e. The second-order valence-electron chi connectivity index (χ2n) is 4.93. The third kappa shape index (κ3) is 1.62. The third-order valence-electron chi connectivity index (χ3n) is 3.68. The highest BCUT2D eigenvalue weighted by Gasteiger charge is 2.52. The summed E-state index contributed by atoms with van der Waals surface area (Å²) in [6.07, 6.45) is 4.79. The number of carboxylic acids is 1. The summed E-state index contributed by atoms with van der Waals surface area (Å²) in [6.45, 7) is 2.06. The van der Waals surface area contributed by atoms with Gasteiger partial charge in [0.15, 0.2) is 0 Å². The quantitative estimate of drug-likeness (QED) is 0.712. The van der Waals surface area contributed by atoms with Crippen LogP contribution < -0.4 is 0 Å². The SMILES string of the molecule is CC1CCC(C(=O)O)(N(C=O)C2CC2)C1. The van der Waals surface area contributed by atoms with Gasteiger partial charge in [0.1, 0.15) is 5.54 Å². The summed E-state index contributed by atoms with van der Waals surface area (Å²) in [4.78, 5) is 24.0. The van der Waals surface area contributed by atoms with E-state index in [2.05, 4.69) is 6.92 Å². The lowest BCUT2D eigenvalue weighted by Gasteiger charge is -2.35. The topological polar surface area (TPSA) is 57.6 Å². The van der Waals surface area contributed by atoms with Gasteiger partial charge in [-0.2, -0.15) is 0 Å². The molecular formula is C11H17NO3. The number of hydrogen-bond acceptors (Lipinski definition) is 2. The highest BCUT2D eigenvalue weighted by molar-refractivity contribution is 5.82. The fraction of sp³-hybridized carbons (Fsp3) is 0.818. The first-order valence-electron chi connectivity index (χ1n) is 5.57. The van der Waals surface area contributed by atoms with Crippen LogP contribution in [0, 0.1) is 5.92 Å². The third-order valence-corrected chi connectivity index (χ3v) is 3.68. The van der Waals surface area contributed by atoms with Crippen LogP contribution in [-0.2, 0) is 9.59 Å². The van der Waals surface area contributed by atoms with Crippen molar-refractivity contribution < 1.29 is 14.7 Å². The molecule has 0 aliphatic heterocycles. The molecule has 0 heterocycles. The van der Waals surface area contributed by atoms with Crippen LogP contribution in [0.4, 0.5) is 0 Å². The lowest BCUT2D eigenvalue weighted by molar-refractivity contribution is -0.155. The lowest BCUT2D eigenvalue weighted by atomic mass is 9.94. The first-order valence-corrected chi connectivity index (χ1v) is 5.57. The van der Waals surface area contributed by atoms with Gasteiger partial charge in [-0.15, -0.1) is 0 Å². The molecule has 0 bridgehead atoms. The highest BCUT2D eigenvalue weighted by atomic mass is 16.4. The zero-order valence-electron chi connectivity index (χ0n) is 8.98. The Morgan fingerprint density at radius 2 is 2.13 bits per heavy atom. The molecule has 1 amide bonds. The molecule has 2 fully saturated rings. The summed E-state index contributed by atoms with van der Waals surface area (Å²) in [5.41, 5.74) is -0.900. The van der Waals surface area contributed by atoms with Gasteiger partial charge in [0, 0.05) is 6.04 Å². The van der Waals surface area contributed by atoms with Crippen LogP contribution >= 0.6 is 0 Å². The molecule has 0 saturated heterocycles. The van der Waals surface area contributed by atoms with Crippen molar-refractivity contribution in [3.05, 3.63) is 0 Å². The number of carboxylic acid groups (broad SMARTS) is 1. The van der Waals surface area contributed by atoms with Gasteiger partial charge in [-0.25, -0.2) is 4.79 Å². The molecule has 15 heavy (non-hydrogen) atoms. The molecule has 0 aromatic rings. The summed E-state index contributed by atoms with van der Waals surface area (Å²) in [5.74, 6) is -0.423. The van der Waals surface area contributed by atoms with E-state index >= 15 is 0 Å². The zero-order chi connectivity index (χ0) is 11.1. The molecule has 2 aliphatic rings. The first kappa shape index (κ1) is 10.5. The fourth-order valence-corrected chi connectivity index (χ4v) is 2.69. The number of rotatable bonds is 4. The lowest BCUT2D eigenvalue weighted by Crippen LogP contribution is -2.53. The van der Waals surface area contributed by atoms with E-state index < -0.39 is 11.5 Å². The van der Waals surface area contributed by atoms with E-state index in [1.165, 1.54) is 0 Å². The Labute approximate surface area is 89.3 Å². The standard InChI is InChI=1S/C11H17NO3/c1-8-4-5-11(6-8,10(14)15)12(7-13)9-2-3-9/h7-9H,2-6H2,1H3,(H,14,15). The van der Waals surface area contributed by atoms with Crippen molar-refractivity contribution >= 4 is 12.4 Å². The molecule has 1 N–H and O–H groups in total. The van der Waals surface area contributed by atoms with E-state index in [1.807, 2.05) is 0 Å². The predicted octanol–water partition coefficient (Wildman–Crippen LogP) is 1.25. The number of amides is 1. The predicted molar refractivity (Wildman–Crippen MR) is 54.3 cm³/mol. The van der Waals surface area contributed by atoms with Gasteiger partial charge in [0.05, 0.1) is 0 Å². The molecule has 4 heteroatoms. The van der Waals surface area contributed by atoms with Crippen LogP contribution in [0.25, 0.3) is 0 Å². The van der Waals surface area contributed by atoms with Crippen LogP contribution in [-0.4, -0.2) is 34.0 Å². The number of carbonyl (C=O) groups excluding carboxylic acids is 1. The average molecular weight is 211 g/mol. The van der Waals surface area contributed by atoms with E-state index in [4.69, 9.17) is 0 Å². The molecule has 0 aromatic heterocycles. The Morgan fingerprint density at radius 3 is 2.47 bits per heavy atom. The Morgan fingerprint density at radius 1 is 1.47 bits per heavy atom. The monoisotopic (exact) mass is 211 g/mol. The van der Waals surface area contributed by atoms with Gasteiger partial charge in [0.2, 0.25) is 6.41 Å². The number of nitrogens with zero attached hydrogens (tertiary/aromatic N) is 1. The van der Waals surface area contributed by atoms with Crippen molar-refractivity contribution in [1.29, 1.82) is 0 Å². The van der Waals surface area contributed by atoms with E-state index in [-0.39, 0.29) is 6.04 Å². The molecule has 0 radical (unpaired) electrons. The van der Waals surface area contributed by atoms with Gasteiger partial charge in [-0.3, -0.25) is 4.79 Å². The molecule has 2 unspecified atom stereocenters. The molecule has 2 saturated carbocycles. The van der Waals surface area contributed by atoms with Crippen LogP contribution in [0.5, 0.6) is 0 Å². The van der Waals surface area contributed by atoms with Gasteiger partial charge in [0.25, 0.3) is 0 Å². The summed E-state index contributed by atoms with van der Waals surface area (Å²) < 4.78 is 0. The van der Waals surface area contributed by atoms with E-state index in [1.54, 1.807) is 4.90 Å². The maximum Gasteiger partial charge on any atom is 0.329 e. The zero-order valence-corrected chi connectivity index (χ0v) is 8.98. The second-order valence-corrected chi connectivity index (χ2v) is 4.93. The van der Waals surface area contributed by atoms with Gasteiger partial charge in [-0.1, -0.05) is 6.92 Å². The molecule has 4 nitrogen and oxygen atoms in total. The van der Waals surface area contributed by atoms with Crippen LogP contribution in [0.15, 0.2) is 0 Å². The maximum atomic E-state index is 11.4. The van der Waals surface area contributed by atoms with E-state index in [0.717, 1.165) is 25.7 Å². The molecule has 0 spiro atoms. The average Bonchev–Trinajstić information content (AvgIpc) is 2.92. The number of aliphatic carboxylic acids is 1. The maximum absolute atomic E-state index is 11.4. The van der Waals surface area contributed by atoms with Crippen molar-refractivity contribution in [2.75, 3.05) is 0 Å². The molecule has 0 aromatic carbocycles. The molecular weight excluding hydrogens is 194 g/mol. The molecule has 2 aliphatic carbocycles. The summed E-state index contributed by atoms with van der Waals surface area (Å²) in [6, 6.07) is 0.184. The summed E-state index contributed by atoms with van der Waals surface area (Å²) >= 11 is 0. The van der Waals surface area contributed by atoms with Gasteiger partial charge < -0.3 is 10.0 Å². The molecule has 2 atom stereocenters. The molecule has 84 valence electrons. The van der Waals surface area contributed by atoms with Gasteiger partial charge in [-0.05, 0) is 38.0 Å². The van der Waals surface area contributed by atoms with Crippen molar-refractivity contribution in [2.24, 2.45) is 5.92 Å². The van der Waals surface area contributed by atoms with Gasteiger partial charge >= 0.3 is 5.97 Å². The fourth-order valence-electron chi connectivity index (χ4n) is 2.69. The minimum absolute atomic E-state index is 0.184. The minimum Gasteiger partial charge on any atom is -0.479 e. The Hall–Kier alpha value is -1.06. The van der Waals surface area contributed by atoms with Crippen LogP contribution in [0.3, 0.4) is 0 Å². The van der Waals surface area contributed by atoms with Crippen LogP contribution in [0.1, 0.15) is 39.0 Å². The first-order chi connectivity index (χ1) is 7.10. The Balaban J connectivity index is 2.24. The molecule has 2 rings (SSSR count). The van der Waals surface area contributed by atoms with E-state index in [0.29, 0.717) is 18.8 Å². The highest BCUT2D eigenvalue weighted by Crippen LogP contribution is 2.43. The summed E-state index contributed by atoms with van der Waals surface area (Å²) in [7, 11) is 0. The van der Waals surface area contributed by atoms with Crippen molar-refractivity contribution in [3.8, 4) is 0 Å². The van der Waals surface area contributed by atoms with Crippen molar-refractivity contribution in [1.82, 2.24) is 4.90 Å². The van der Waals surface area contributed by atoms with E-state index in [9.17, 15) is 14.7 Å². The van der Waals surface area contributed by atoms with Crippen molar-refractivity contribution in [3.63, 3.8) is 0 Å². The second kappa shape index (κ2) is 3.51. The Bertz CT molecular complexity index is 288. The van der Waals surface area contributed by atoms with Crippen molar-refractivity contribution in [2.45, 2.75) is 50.6 Å². The minimum atomic E-state index is -0.900. The number of hydrogen-bond donors (Lipinski definition) is 1. The Kier molecular flexibility index (Phi) is 2.44. The number of carbonyl (C=O) groups is 2.